The summed E-state index contributed by atoms with van der Waals surface area (Å²) < 4.78 is 1.59. The first kappa shape index (κ1) is 11.7. The van der Waals surface area contributed by atoms with Gasteiger partial charge in [0.1, 0.15) is 0 Å². The highest BCUT2D eigenvalue weighted by molar-refractivity contribution is 6.32. The van der Waals surface area contributed by atoms with Gasteiger partial charge in [0.05, 0.1) is 11.4 Å². The van der Waals surface area contributed by atoms with E-state index in [1.807, 2.05) is 0 Å². The van der Waals surface area contributed by atoms with E-state index in [0.29, 0.717) is 11.4 Å². The molecule has 0 atom stereocenters. The zero-order chi connectivity index (χ0) is 13.0. The van der Waals surface area contributed by atoms with Gasteiger partial charge in [-0.05, 0) is 36.4 Å². The summed E-state index contributed by atoms with van der Waals surface area (Å²) in [5, 5.41) is 0. The summed E-state index contributed by atoms with van der Waals surface area (Å²) in [5.74, 6) is -0.588. The van der Waals surface area contributed by atoms with Crippen LogP contribution in [0.4, 0.5) is 5.69 Å². The Morgan fingerprint density at radius 1 is 1.22 bits per heavy atom. The summed E-state index contributed by atoms with van der Waals surface area (Å²) in [6.45, 7) is 0. The quantitative estimate of drug-likeness (QED) is 0.269. The largest absolute Gasteiger partial charge is 0.314 e. The monoisotopic (exact) mass is 240 g/mol. The summed E-state index contributed by atoms with van der Waals surface area (Å²) in [7, 11) is 0. The van der Waals surface area contributed by atoms with Gasteiger partial charge in [-0.15, -0.1) is 0 Å². The minimum atomic E-state index is -0.588. The number of benzene rings is 1. The Labute approximate surface area is 102 Å². The molecule has 0 N–H and O–H groups in total. The Morgan fingerprint density at radius 2 is 1.94 bits per heavy atom. The average Bonchev–Trinajstić information content (AvgIpc) is 2.88. The van der Waals surface area contributed by atoms with Crippen molar-refractivity contribution in [2.75, 3.05) is 0 Å². The fourth-order valence-electron chi connectivity index (χ4n) is 1.61. The van der Waals surface area contributed by atoms with Crippen LogP contribution in [0.15, 0.2) is 47.6 Å². The third-order valence-corrected chi connectivity index (χ3v) is 2.41. The van der Waals surface area contributed by atoms with E-state index >= 15 is 0 Å². The second kappa shape index (κ2) is 5.03. The molecule has 0 saturated carbocycles. The zero-order valence-corrected chi connectivity index (χ0v) is 9.24. The van der Waals surface area contributed by atoms with Crippen molar-refractivity contribution >= 4 is 23.8 Å². The molecule has 0 aliphatic heterocycles. The third kappa shape index (κ3) is 2.16. The number of ketones is 1. The van der Waals surface area contributed by atoms with Crippen LogP contribution in [0.25, 0.3) is 5.69 Å². The lowest BCUT2D eigenvalue weighted by molar-refractivity contribution is -0.104. The van der Waals surface area contributed by atoms with E-state index in [0.717, 1.165) is 0 Å². The highest BCUT2D eigenvalue weighted by Crippen LogP contribution is 2.17. The van der Waals surface area contributed by atoms with Crippen molar-refractivity contribution in [2.24, 2.45) is 4.99 Å². The van der Waals surface area contributed by atoms with Gasteiger partial charge in [0.15, 0.2) is 6.29 Å². The molecule has 0 spiro atoms. The molecule has 5 nitrogen and oxygen atoms in total. The normalized spacial score (nSPS) is 9.56. The average molecular weight is 240 g/mol. The number of hydrogen-bond donors (Lipinski definition) is 0. The topological polar surface area (TPSA) is 68.5 Å². The van der Waals surface area contributed by atoms with Crippen molar-refractivity contribution < 1.29 is 14.4 Å². The van der Waals surface area contributed by atoms with Gasteiger partial charge in [-0.25, -0.2) is 4.79 Å². The van der Waals surface area contributed by atoms with Crippen molar-refractivity contribution in [3.8, 4) is 5.69 Å². The van der Waals surface area contributed by atoms with Crippen molar-refractivity contribution in [3.05, 3.63) is 48.3 Å². The number of rotatable bonds is 4. The number of isocyanates is 1. The van der Waals surface area contributed by atoms with Crippen molar-refractivity contribution in [1.82, 2.24) is 4.57 Å². The molecule has 0 aliphatic carbocycles. The van der Waals surface area contributed by atoms with Crippen LogP contribution in [0.2, 0.25) is 0 Å². The van der Waals surface area contributed by atoms with Gasteiger partial charge in [-0.2, -0.15) is 4.99 Å². The van der Waals surface area contributed by atoms with Gasteiger partial charge in [-0.1, -0.05) is 0 Å². The van der Waals surface area contributed by atoms with E-state index in [2.05, 4.69) is 4.99 Å². The number of Topliss-reactive ketones (excluding diaryl/α,β-unsaturated/α-hetero) is 1. The number of hydrogen-bond acceptors (Lipinski definition) is 4. The van der Waals surface area contributed by atoms with Gasteiger partial charge in [0, 0.05) is 11.9 Å². The van der Waals surface area contributed by atoms with Crippen LogP contribution < -0.4 is 0 Å². The number of aldehydes is 1. The Balaban J connectivity index is 2.43. The van der Waals surface area contributed by atoms with Crippen LogP contribution in [0.5, 0.6) is 0 Å². The molecule has 2 aromatic rings. The van der Waals surface area contributed by atoms with E-state index in [1.165, 1.54) is 6.08 Å². The maximum Gasteiger partial charge on any atom is 0.242 e. The van der Waals surface area contributed by atoms with E-state index < -0.39 is 5.78 Å². The standard InChI is InChI=1S/C13H8N2O3/c16-8-13(18)12-2-1-7-15(12)11-5-3-10(4-6-11)14-9-17/h1-8H. The van der Waals surface area contributed by atoms with Crippen LogP contribution in [-0.2, 0) is 9.59 Å². The molecule has 0 saturated heterocycles. The van der Waals surface area contributed by atoms with E-state index in [4.69, 9.17) is 0 Å². The second-order valence-electron chi connectivity index (χ2n) is 3.47. The summed E-state index contributed by atoms with van der Waals surface area (Å²) in [5.41, 5.74) is 1.47. The predicted molar refractivity (Wildman–Crippen MR) is 63.9 cm³/mol. The molecular formula is C13H8N2O3. The molecule has 0 bridgehead atoms. The summed E-state index contributed by atoms with van der Waals surface area (Å²) in [4.78, 5) is 35.4. The zero-order valence-electron chi connectivity index (χ0n) is 9.24. The summed E-state index contributed by atoms with van der Waals surface area (Å²) in [6.07, 6.45) is 3.39. The second-order valence-corrected chi connectivity index (χ2v) is 3.47. The van der Waals surface area contributed by atoms with Crippen LogP contribution in [0.3, 0.4) is 0 Å². The van der Waals surface area contributed by atoms with Gasteiger partial charge in [0.2, 0.25) is 11.9 Å². The molecule has 88 valence electrons. The Morgan fingerprint density at radius 3 is 2.56 bits per heavy atom. The molecule has 1 aromatic carbocycles. The molecule has 0 amide bonds. The highest BCUT2D eigenvalue weighted by Gasteiger charge is 2.10. The molecule has 0 fully saturated rings. The van der Waals surface area contributed by atoms with Crippen molar-refractivity contribution in [3.63, 3.8) is 0 Å². The number of carbonyl (C=O) groups is 2. The minimum absolute atomic E-state index is 0.275. The lowest BCUT2D eigenvalue weighted by Gasteiger charge is -2.06. The maximum atomic E-state index is 11.4. The predicted octanol–water partition coefficient (Wildman–Crippen LogP) is 1.83. The van der Waals surface area contributed by atoms with Gasteiger partial charge >= 0.3 is 0 Å². The maximum absolute atomic E-state index is 11.4. The first-order chi connectivity index (χ1) is 8.76. The fourth-order valence-corrected chi connectivity index (χ4v) is 1.61. The first-order valence-corrected chi connectivity index (χ1v) is 5.11. The van der Waals surface area contributed by atoms with Crippen LogP contribution in [0, 0.1) is 0 Å². The number of aromatic nitrogens is 1. The minimum Gasteiger partial charge on any atom is -0.314 e. The highest BCUT2D eigenvalue weighted by atomic mass is 16.2. The van der Waals surface area contributed by atoms with Crippen LogP contribution in [-0.4, -0.2) is 22.7 Å². The van der Waals surface area contributed by atoms with Gasteiger partial charge in [-0.3, -0.25) is 9.59 Å². The van der Waals surface area contributed by atoms with E-state index in [1.54, 1.807) is 47.2 Å². The molecular weight excluding hydrogens is 232 g/mol. The van der Waals surface area contributed by atoms with Crippen LogP contribution in [0.1, 0.15) is 10.5 Å². The van der Waals surface area contributed by atoms with E-state index in [-0.39, 0.29) is 12.0 Å². The number of nitrogens with zero attached hydrogens (tertiary/aromatic N) is 2. The van der Waals surface area contributed by atoms with Crippen molar-refractivity contribution in [2.45, 2.75) is 0 Å². The lowest BCUT2D eigenvalue weighted by Crippen LogP contribution is -2.07. The number of aliphatic imine (C=N–C) groups is 1. The number of carbonyl (C=O) groups excluding carboxylic acids is 3. The van der Waals surface area contributed by atoms with Gasteiger partial charge < -0.3 is 4.57 Å². The molecule has 0 aliphatic rings. The Kier molecular flexibility index (Phi) is 3.27. The van der Waals surface area contributed by atoms with Gasteiger partial charge in [0.25, 0.3) is 0 Å². The summed E-state index contributed by atoms with van der Waals surface area (Å²) in [6, 6.07) is 9.86. The molecule has 1 aromatic heterocycles. The Bertz CT molecular complexity index is 635. The Hall–Kier alpha value is -2.78. The fraction of sp³-hybridized carbons (Fsp3) is 0. The molecule has 5 heteroatoms. The van der Waals surface area contributed by atoms with Crippen molar-refractivity contribution in [1.29, 1.82) is 0 Å². The molecule has 2 rings (SSSR count). The first-order valence-electron chi connectivity index (χ1n) is 5.11. The van der Waals surface area contributed by atoms with Crippen LogP contribution >= 0.6 is 0 Å². The smallest absolute Gasteiger partial charge is 0.242 e. The lowest BCUT2D eigenvalue weighted by atomic mass is 10.2. The molecule has 1 heterocycles. The SMILES string of the molecule is O=C=Nc1ccc(-n2cccc2C(=O)C=O)cc1. The molecule has 0 radical (unpaired) electrons. The molecule has 18 heavy (non-hydrogen) atoms. The molecule has 0 unspecified atom stereocenters. The third-order valence-electron chi connectivity index (χ3n) is 2.41. The summed E-state index contributed by atoms with van der Waals surface area (Å²) >= 11 is 0. The van der Waals surface area contributed by atoms with E-state index in [9.17, 15) is 14.4 Å².